The molecule has 0 aliphatic carbocycles. The van der Waals surface area contributed by atoms with Crippen LogP contribution in [0.15, 0.2) is 24.3 Å². The highest BCUT2D eigenvalue weighted by Gasteiger charge is 2.07. The predicted molar refractivity (Wildman–Crippen MR) is 83.3 cm³/mol. The van der Waals surface area contributed by atoms with Gasteiger partial charge in [0.25, 0.3) is 5.91 Å². The molecule has 0 heterocycles. The highest BCUT2D eigenvalue weighted by Crippen LogP contribution is 2.14. The maximum Gasteiger partial charge on any atom is 0.251 e. The Hall–Kier alpha value is -1.55. The molecule has 1 unspecified atom stereocenters. The molecule has 0 saturated heterocycles. The molecule has 1 atom stereocenters. The first-order valence-corrected chi connectivity index (χ1v) is 7.39. The lowest BCUT2D eigenvalue weighted by Gasteiger charge is -2.21. The van der Waals surface area contributed by atoms with Crippen molar-refractivity contribution in [2.75, 3.05) is 24.5 Å². The number of carbonyl (C=O) groups excluding carboxylic acids is 1. The molecule has 0 aromatic heterocycles. The van der Waals surface area contributed by atoms with Gasteiger partial charge in [-0.15, -0.1) is 0 Å². The summed E-state index contributed by atoms with van der Waals surface area (Å²) in [6.07, 6.45) is 1.20. The maximum atomic E-state index is 11.9. The lowest BCUT2D eigenvalue weighted by molar-refractivity contribution is 0.0949. The first-order chi connectivity index (χ1) is 9.58. The summed E-state index contributed by atoms with van der Waals surface area (Å²) in [4.78, 5) is 14.2. The van der Waals surface area contributed by atoms with Gasteiger partial charge in [0, 0.05) is 30.9 Å². The number of aliphatic hydroxyl groups excluding tert-OH is 1. The summed E-state index contributed by atoms with van der Waals surface area (Å²) >= 11 is 0. The molecule has 112 valence electrons. The molecule has 0 saturated carbocycles. The zero-order valence-corrected chi connectivity index (χ0v) is 12.7. The van der Waals surface area contributed by atoms with Crippen LogP contribution < -0.4 is 10.2 Å². The average Bonchev–Trinajstić information content (AvgIpc) is 2.45. The molecule has 20 heavy (non-hydrogen) atoms. The minimum Gasteiger partial charge on any atom is -0.393 e. The van der Waals surface area contributed by atoms with E-state index in [1.165, 1.54) is 0 Å². The first-order valence-electron chi connectivity index (χ1n) is 7.39. The van der Waals surface area contributed by atoms with Crippen LogP contribution in [0.4, 0.5) is 5.69 Å². The Morgan fingerprint density at radius 1 is 1.25 bits per heavy atom. The number of rotatable bonds is 8. The van der Waals surface area contributed by atoms with Gasteiger partial charge in [-0.25, -0.2) is 0 Å². The molecule has 0 radical (unpaired) electrons. The molecule has 0 aliphatic rings. The molecule has 4 nitrogen and oxygen atoms in total. The van der Waals surface area contributed by atoms with E-state index in [1.54, 1.807) is 6.92 Å². The van der Waals surface area contributed by atoms with Gasteiger partial charge in [0.1, 0.15) is 0 Å². The number of nitrogens with one attached hydrogen (secondary N) is 1. The predicted octanol–water partition coefficient (Wildman–Crippen LogP) is 2.42. The largest absolute Gasteiger partial charge is 0.393 e. The van der Waals surface area contributed by atoms with Gasteiger partial charge in [-0.1, -0.05) is 0 Å². The number of carbonyl (C=O) groups is 1. The SMILES string of the molecule is CCN(CC)c1ccc(C(=O)NCCCC(C)O)cc1. The summed E-state index contributed by atoms with van der Waals surface area (Å²) in [5.74, 6) is -0.0540. The van der Waals surface area contributed by atoms with E-state index in [1.807, 2.05) is 24.3 Å². The molecular weight excluding hydrogens is 252 g/mol. The highest BCUT2D eigenvalue weighted by molar-refractivity contribution is 5.94. The van der Waals surface area contributed by atoms with Crippen molar-refractivity contribution in [1.82, 2.24) is 5.32 Å². The number of amides is 1. The van der Waals surface area contributed by atoms with E-state index in [0.717, 1.165) is 25.2 Å². The third kappa shape index (κ3) is 5.21. The maximum absolute atomic E-state index is 11.9. The van der Waals surface area contributed by atoms with Crippen LogP contribution >= 0.6 is 0 Å². The van der Waals surface area contributed by atoms with Crippen LogP contribution in [0.25, 0.3) is 0 Å². The van der Waals surface area contributed by atoms with Crippen molar-refractivity contribution in [2.45, 2.75) is 39.7 Å². The van der Waals surface area contributed by atoms with Crippen molar-refractivity contribution in [1.29, 1.82) is 0 Å². The van der Waals surface area contributed by atoms with Crippen LogP contribution in [-0.2, 0) is 0 Å². The van der Waals surface area contributed by atoms with Crippen LogP contribution in [0.1, 0.15) is 44.0 Å². The zero-order chi connectivity index (χ0) is 15.0. The molecule has 1 amide bonds. The Labute approximate surface area is 121 Å². The molecule has 1 rings (SSSR count). The van der Waals surface area contributed by atoms with E-state index in [9.17, 15) is 4.79 Å². The van der Waals surface area contributed by atoms with Gasteiger partial charge in [-0.3, -0.25) is 4.79 Å². The minimum atomic E-state index is -0.305. The summed E-state index contributed by atoms with van der Waals surface area (Å²) in [5, 5.41) is 12.0. The van der Waals surface area contributed by atoms with E-state index in [0.29, 0.717) is 18.5 Å². The van der Waals surface area contributed by atoms with E-state index in [2.05, 4.69) is 24.1 Å². The van der Waals surface area contributed by atoms with Gasteiger partial charge >= 0.3 is 0 Å². The molecular formula is C16H26N2O2. The van der Waals surface area contributed by atoms with Crippen molar-refractivity contribution in [2.24, 2.45) is 0 Å². The fourth-order valence-electron chi connectivity index (χ4n) is 2.11. The van der Waals surface area contributed by atoms with Crippen molar-refractivity contribution in [3.63, 3.8) is 0 Å². The Kier molecular flexibility index (Phi) is 7.09. The number of hydrogen-bond acceptors (Lipinski definition) is 3. The second kappa shape index (κ2) is 8.59. The number of hydrogen-bond donors (Lipinski definition) is 2. The minimum absolute atomic E-state index is 0.0540. The second-order valence-electron chi connectivity index (χ2n) is 4.97. The summed E-state index contributed by atoms with van der Waals surface area (Å²) < 4.78 is 0. The third-order valence-corrected chi connectivity index (χ3v) is 3.34. The van der Waals surface area contributed by atoms with E-state index >= 15 is 0 Å². The van der Waals surface area contributed by atoms with Gasteiger partial charge in [0.05, 0.1) is 6.10 Å². The van der Waals surface area contributed by atoms with Crippen LogP contribution in [0, 0.1) is 0 Å². The van der Waals surface area contributed by atoms with Crippen molar-refractivity contribution < 1.29 is 9.90 Å². The van der Waals surface area contributed by atoms with Gasteiger partial charge < -0.3 is 15.3 Å². The Morgan fingerprint density at radius 2 is 1.85 bits per heavy atom. The quantitative estimate of drug-likeness (QED) is 0.718. The fraction of sp³-hybridized carbons (Fsp3) is 0.562. The summed E-state index contributed by atoms with van der Waals surface area (Å²) in [6, 6.07) is 7.69. The van der Waals surface area contributed by atoms with Crippen LogP contribution in [0.3, 0.4) is 0 Å². The normalized spacial score (nSPS) is 12.0. The molecule has 0 aliphatic heterocycles. The molecule has 0 spiro atoms. The van der Waals surface area contributed by atoms with Gasteiger partial charge in [-0.05, 0) is 57.9 Å². The highest BCUT2D eigenvalue weighted by atomic mass is 16.3. The lowest BCUT2D eigenvalue weighted by Crippen LogP contribution is -2.25. The Morgan fingerprint density at radius 3 is 2.35 bits per heavy atom. The lowest BCUT2D eigenvalue weighted by atomic mass is 10.1. The zero-order valence-electron chi connectivity index (χ0n) is 12.7. The number of nitrogens with zero attached hydrogens (tertiary/aromatic N) is 1. The van der Waals surface area contributed by atoms with Gasteiger partial charge in [-0.2, -0.15) is 0 Å². The van der Waals surface area contributed by atoms with Crippen molar-refractivity contribution in [3.8, 4) is 0 Å². The Bertz CT molecular complexity index is 397. The molecule has 2 N–H and O–H groups in total. The van der Waals surface area contributed by atoms with E-state index in [4.69, 9.17) is 5.11 Å². The smallest absolute Gasteiger partial charge is 0.251 e. The number of aliphatic hydroxyl groups is 1. The van der Waals surface area contributed by atoms with Gasteiger partial charge in [0.2, 0.25) is 0 Å². The van der Waals surface area contributed by atoms with Crippen LogP contribution in [-0.4, -0.2) is 36.8 Å². The third-order valence-electron chi connectivity index (χ3n) is 3.34. The fourth-order valence-corrected chi connectivity index (χ4v) is 2.11. The second-order valence-corrected chi connectivity index (χ2v) is 4.97. The number of benzene rings is 1. The summed E-state index contributed by atoms with van der Waals surface area (Å²) in [7, 11) is 0. The number of anilines is 1. The topological polar surface area (TPSA) is 52.6 Å². The van der Waals surface area contributed by atoms with Crippen LogP contribution in [0.5, 0.6) is 0 Å². The Balaban J connectivity index is 2.49. The molecule has 4 heteroatoms. The monoisotopic (exact) mass is 278 g/mol. The molecule has 1 aromatic rings. The van der Waals surface area contributed by atoms with E-state index in [-0.39, 0.29) is 12.0 Å². The standard InChI is InChI=1S/C16H26N2O2/c1-4-18(5-2)15-10-8-14(9-11-15)16(20)17-12-6-7-13(3)19/h8-11,13,19H,4-7,12H2,1-3H3,(H,17,20). The van der Waals surface area contributed by atoms with E-state index < -0.39 is 0 Å². The van der Waals surface area contributed by atoms with Crippen molar-refractivity contribution in [3.05, 3.63) is 29.8 Å². The van der Waals surface area contributed by atoms with Crippen LogP contribution in [0.2, 0.25) is 0 Å². The summed E-state index contributed by atoms with van der Waals surface area (Å²) in [6.45, 7) is 8.51. The molecule has 1 aromatic carbocycles. The van der Waals surface area contributed by atoms with Gasteiger partial charge in [0.15, 0.2) is 0 Å². The molecule has 0 bridgehead atoms. The summed E-state index contributed by atoms with van der Waals surface area (Å²) in [5.41, 5.74) is 1.82. The molecule has 0 fully saturated rings. The van der Waals surface area contributed by atoms with Crippen molar-refractivity contribution >= 4 is 11.6 Å². The average molecular weight is 278 g/mol. The first kappa shape index (κ1) is 16.5.